The van der Waals surface area contributed by atoms with Crippen LogP contribution in [0.2, 0.25) is 0 Å². The van der Waals surface area contributed by atoms with Gasteiger partial charge in [-0.15, -0.1) is 0 Å². The van der Waals surface area contributed by atoms with Gasteiger partial charge in [-0.25, -0.2) is 0 Å². The van der Waals surface area contributed by atoms with Gasteiger partial charge in [-0.3, -0.25) is 4.79 Å². The number of carbonyl (C=O) groups excluding carboxylic acids is 1. The summed E-state index contributed by atoms with van der Waals surface area (Å²) in [4.78, 5) is 15.0. The molecule has 0 spiro atoms. The van der Waals surface area contributed by atoms with E-state index >= 15 is 4.79 Å². The first-order chi connectivity index (χ1) is 14.6. The average molecular weight is 415 g/mol. The Morgan fingerprint density at radius 1 is 0.500 bits per heavy atom. The van der Waals surface area contributed by atoms with Gasteiger partial charge in [-0.1, -0.05) is 65.2 Å². The predicted molar refractivity (Wildman–Crippen MR) is 128 cm³/mol. The summed E-state index contributed by atoms with van der Waals surface area (Å²) in [7, 11) is 0. The number of hydrogen-bond acceptors (Lipinski definition) is 1. The van der Waals surface area contributed by atoms with Gasteiger partial charge in [0.25, 0.3) is 0 Å². The van der Waals surface area contributed by atoms with E-state index in [2.05, 4.69) is 13.8 Å². The monoisotopic (exact) mass is 414 g/mol. The molecule has 0 aliphatic heterocycles. The summed E-state index contributed by atoms with van der Waals surface area (Å²) in [6.07, 6.45) is 26.6. The fraction of sp³-hybridized carbons (Fsp3) is 0.966. The first-order valence-electron chi connectivity index (χ1n) is 14.1. The third-order valence-corrected chi connectivity index (χ3v) is 10.5. The standard InChI is InChI=1S/C29H50O/c1-23-15-19-28(20-16-23,25-11-7-3-4-8-12-25)27(30)29(21-17-24(2)18-22-29)26-13-9-5-6-10-14-26/h23-26H,3-22H2,1-2H3. The molecule has 0 radical (unpaired) electrons. The molecule has 0 unspecified atom stereocenters. The van der Waals surface area contributed by atoms with E-state index in [0.717, 1.165) is 17.6 Å². The molecule has 0 saturated heterocycles. The smallest absolute Gasteiger partial charge is 0.145 e. The van der Waals surface area contributed by atoms with Crippen molar-refractivity contribution in [3.05, 3.63) is 0 Å². The minimum Gasteiger partial charge on any atom is -0.298 e. The molecule has 4 rings (SSSR count). The van der Waals surface area contributed by atoms with Crippen molar-refractivity contribution in [1.82, 2.24) is 0 Å². The number of carbonyl (C=O) groups is 1. The van der Waals surface area contributed by atoms with Crippen LogP contribution >= 0.6 is 0 Å². The van der Waals surface area contributed by atoms with Crippen LogP contribution in [0.3, 0.4) is 0 Å². The Morgan fingerprint density at radius 3 is 1.10 bits per heavy atom. The quantitative estimate of drug-likeness (QED) is 0.420. The normalized spacial score (nSPS) is 40.5. The Morgan fingerprint density at radius 2 is 0.800 bits per heavy atom. The van der Waals surface area contributed by atoms with Gasteiger partial charge in [0.1, 0.15) is 5.78 Å². The molecule has 0 aromatic carbocycles. The van der Waals surface area contributed by atoms with Crippen LogP contribution < -0.4 is 0 Å². The molecule has 0 amide bonds. The number of hydrogen-bond donors (Lipinski definition) is 0. The van der Waals surface area contributed by atoms with Crippen molar-refractivity contribution < 1.29 is 4.79 Å². The second-order valence-electron chi connectivity index (χ2n) is 12.4. The topological polar surface area (TPSA) is 17.1 Å². The van der Waals surface area contributed by atoms with Crippen LogP contribution in [-0.4, -0.2) is 5.78 Å². The molecule has 4 aliphatic rings. The van der Waals surface area contributed by atoms with Gasteiger partial charge in [0.05, 0.1) is 0 Å². The van der Waals surface area contributed by atoms with E-state index in [1.807, 2.05) is 0 Å². The molecular formula is C29H50O. The second kappa shape index (κ2) is 10.1. The van der Waals surface area contributed by atoms with Crippen LogP contribution in [0.15, 0.2) is 0 Å². The van der Waals surface area contributed by atoms with Gasteiger partial charge in [-0.05, 0) is 101 Å². The average Bonchev–Trinajstić information content (AvgIpc) is 3.21. The Kier molecular flexibility index (Phi) is 7.68. The Labute approximate surface area is 187 Å². The van der Waals surface area contributed by atoms with E-state index in [-0.39, 0.29) is 10.8 Å². The third-order valence-electron chi connectivity index (χ3n) is 10.5. The molecular weight excluding hydrogens is 364 g/mol. The molecule has 4 saturated carbocycles. The van der Waals surface area contributed by atoms with Crippen molar-refractivity contribution in [2.45, 2.75) is 142 Å². The summed E-state index contributed by atoms with van der Waals surface area (Å²) in [6, 6.07) is 0. The zero-order valence-corrected chi connectivity index (χ0v) is 20.4. The number of rotatable bonds is 4. The predicted octanol–water partition coefficient (Wildman–Crippen LogP) is 8.89. The Bertz CT molecular complexity index is 483. The third kappa shape index (κ3) is 4.56. The molecule has 1 nitrogen and oxygen atoms in total. The van der Waals surface area contributed by atoms with Crippen molar-refractivity contribution in [2.75, 3.05) is 0 Å². The van der Waals surface area contributed by atoms with Gasteiger partial charge in [-0.2, -0.15) is 0 Å². The Balaban J connectivity index is 1.68. The van der Waals surface area contributed by atoms with Crippen LogP contribution in [-0.2, 0) is 4.79 Å². The lowest BCUT2D eigenvalue weighted by molar-refractivity contribution is -0.154. The summed E-state index contributed by atoms with van der Waals surface area (Å²) in [6.45, 7) is 4.87. The van der Waals surface area contributed by atoms with E-state index in [0.29, 0.717) is 11.8 Å². The highest BCUT2D eigenvalue weighted by molar-refractivity contribution is 5.91. The van der Waals surface area contributed by atoms with E-state index in [4.69, 9.17) is 0 Å². The van der Waals surface area contributed by atoms with E-state index in [1.165, 1.54) is 128 Å². The molecule has 172 valence electrons. The van der Waals surface area contributed by atoms with Crippen molar-refractivity contribution in [1.29, 1.82) is 0 Å². The minimum atomic E-state index is 0.0454. The minimum absolute atomic E-state index is 0.0454. The van der Waals surface area contributed by atoms with Crippen LogP contribution in [0, 0.1) is 34.5 Å². The maximum atomic E-state index is 15.0. The molecule has 0 bridgehead atoms. The van der Waals surface area contributed by atoms with Crippen molar-refractivity contribution >= 4 is 5.78 Å². The van der Waals surface area contributed by atoms with Gasteiger partial charge >= 0.3 is 0 Å². The van der Waals surface area contributed by atoms with Gasteiger partial charge in [0.15, 0.2) is 0 Å². The summed E-state index contributed by atoms with van der Waals surface area (Å²) in [5, 5.41) is 0. The largest absolute Gasteiger partial charge is 0.298 e. The van der Waals surface area contributed by atoms with Crippen molar-refractivity contribution in [3.8, 4) is 0 Å². The van der Waals surface area contributed by atoms with Gasteiger partial charge in [0, 0.05) is 10.8 Å². The van der Waals surface area contributed by atoms with E-state index < -0.39 is 0 Å². The second-order valence-corrected chi connectivity index (χ2v) is 12.4. The molecule has 30 heavy (non-hydrogen) atoms. The Hall–Kier alpha value is -0.330. The fourth-order valence-corrected chi connectivity index (χ4v) is 8.36. The summed E-state index contributed by atoms with van der Waals surface area (Å²) in [5.74, 6) is 3.88. The molecule has 0 aromatic heterocycles. The van der Waals surface area contributed by atoms with Crippen LogP contribution in [0.1, 0.15) is 142 Å². The van der Waals surface area contributed by atoms with Crippen molar-refractivity contribution in [2.24, 2.45) is 34.5 Å². The molecule has 0 N–H and O–H groups in total. The van der Waals surface area contributed by atoms with Crippen LogP contribution in [0.25, 0.3) is 0 Å². The lowest BCUT2D eigenvalue weighted by Gasteiger charge is -2.53. The fourth-order valence-electron chi connectivity index (χ4n) is 8.36. The molecule has 0 atom stereocenters. The van der Waals surface area contributed by atoms with Crippen molar-refractivity contribution in [3.63, 3.8) is 0 Å². The molecule has 0 heterocycles. The number of Topliss-reactive ketones (excluding diaryl/α,β-unsaturated/α-hetero) is 1. The lowest BCUT2D eigenvalue weighted by Crippen LogP contribution is -2.53. The SMILES string of the molecule is CC1CCC(C(=O)C2(C3CCCCCC3)CCC(C)CC2)(C2CCCCCC2)CC1. The zero-order valence-electron chi connectivity index (χ0n) is 20.4. The maximum absolute atomic E-state index is 15.0. The number of ketones is 1. The highest BCUT2D eigenvalue weighted by atomic mass is 16.1. The summed E-state index contributed by atoms with van der Waals surface area (Å²) < 4.78 is 0. The summed E-state index contributed by atoms with van der Waals surface area (Å²) >= 11 is 0. The molecule has 0 aromatic rings. The zero-order chi connectivity index (χ0) is 21.0. The van der Waals surface area contributed by atoms with Crippen LogP contribution in [0.4, 0.5) is 0 Å². The highest BCUT2D eigenvalue weighted by Crippen LogP contribution is 2.59. The first kappa shape index (κ1) is 22.8. The molecule has 1 heteroatoms. The molecule has 4 aliphatic carbocycles. The van der Waals surface area contributed by atoms with E-state index in [9.17, 15) is 0 Å². The van der Waals surface area contributed by atoms with Crippen LogP contribution in [0.5, 0.6) is 0 Å². The summed E-state index contributed by atoms with van der Waals surface area (Å²) in [5.41, 5.74) is 0.0907. The van der Waals surface area contributed by atoms with Gasteiger partial charge in [0.2, 0.25) is 0 Å². The molecule has 4 fully saturated rings. The van der Waals surface area contributed by atoms with Gasteiger partial charge < -0.3 is 0 Å². The highest BCUT2D eigenvalue weighted by Gasteiger charge is 2.56. The van der Waals surface area contributed by atoms with E-state index in [1.54, 1.807) is 0 Å². The first-order valence-corrected chi connectivity index (χ1v) is 14.1. The maximum Gasteiger partial charge on any atom is 0.145 e. The lowest BCUT2D eigenvalue weighted by atomic mass is 9.49.